The first kappa shape index (κ1) is 11.0. The molecule has 0 aliphatic rings. The topological polar surface area (TPSA) is 12.9 Å². The highest BCUT2D eigenvalue weighted by molar-refractivity contribution is 5.86. The lowest BCUT2D eigenvalue weighted by Crippen LogP contribution is -1.94. The number of aryl methyl sites for hydroxylation is 1. The zero-order valence-electron chi connectivity index (χ0n) is 10.6. The van der Waals surface area contributed by atoms with Crippen LogP contribution in [0.15, 0.2) is 54.6 Å². The van der Waals surface area contributed by atoms with E-state index in [9.17, 15) is 0 Å². The lowest BCUT2D eigenvalue weighted by Gasteiger charge is -2.11. The molecule has 0 saturated carbocycles. The Bertz CT molecular complexity index is 699. The van der Waals surface area contributed by atoms with Crippen LogP contribution in [0.3, 0.4) is 0 Å². The predicted octanol–water partition coefficient (Wildman–Crippen LogP) is 4.52. The number of nitrogens with zero attached hydrogens (tertiary/aromatic N) is 1. The lowest BCUT2D eigenvalue weighted by atomic mass is 9.99. The fourth-order valence-corrected chi connectivity index (χ4v) is 2.35. The molecular weight excluding hydrogens is 218 g/mol. The van der Waals surface area contributed by atoms with Crippen LogP contribution in [0.2, 0.25) is 0 Å². The molecule has 0 aliphatic heterocycles. The summed E-state index contributed by atoms with van der Waals surface area (Å²) in [4.78, 5) is 4.81. The molecule has 18 heavy (non-hydrogen) atoms. The van der Waals surface area contributed by atoms with E-state index in [0.29, 0.717) is 0 Å². The van der Waals surface area contributed by atoms with E-state index < -0.39 is 0 Å². The van der Waals surface area contributed by atoms with E-state index in [2.05, 4.69) is 56.3 Å². The van der Waals surface area contributed by atoms with Gasteiger partial charge in [-0.25, -0.2) is 4.98 Å². The molecule has 0 unspecified atom stereocenters. The number of aromatic nitrogens is 1. The summed E-state index contributed by atoms with van der Waals surface area (Å²) >= 11 is 0. The predicted molar refractivity (Wildman–Crippen MR) is 76.7 cm³/mol. The van der Waals surface area contributed by atoms with Gasteiger partial charge in [0.15, 0.2) is 0 Å². The van der Waals surface area contributed by atoms with Crippen molar-refractivity contribution in [2.75, 3.05) is 0 Å². The van der Waals surface area contributed by atoms with Crippen molar-refractivity contribution in [2.24, 2.45) is 0 Å². The van der Waals surface area contributed by atoms with Gasteiger partial charge in [-0.3, -0.25) is 0 Å². The Kier molecular flexibility index (Phi) is 2.60. The molecule has 3 aromatic rings. The summed E-state index contributed by atoms with van der Waals surface area (Å²) in [6.45, 7) is 4.32. The number of benzene rings is 2. The van der Waals surface area contributed by atoms with Crippen molar-refractivity contribution >= 4 is 10.9 Å². The van der Waals surface area contributed by atoms with Gasteiger partial charge in [-0.15, -0.1) is 0 Å². The van der Waals surface area contributed by atoms with Crippen LogP contribution >= 0.6 is 0 Å². The smallest absolute Gasteiger partial charge is 0.0741 e. The van der Waals surface area contributed by atoms with Crippen molar-refractivity contribution in [1.82, 2.24) is 4.98 Å². The molecule has 0 fully saturated rings. The Balaban J connectivity index is 2.34. The molecule has 1 nitrogen and oxygen atoms in total. The van der Waals surface area contributed by atoms with Gasteiger partial charge in [-0.05, 0) is 31.0 Å². The Morgan fingerprint density at radius 2 is 1.39 bits per heavy atom. The highest BCUT2D eigenvalue weighted by atomic mass is 14.7. The monoisotopic (exact) mass is 233 g/mol. The maximum atomic E-state index is 4.81. The van der Waals surface area contributed by atoms with Gasteiger partial charge in [0, 0.05) is 10.9 Å². The van der Waals surface area contributed by atoms with Gasteiger partial charge in [0.2, 0.25) is 0 Å². The van der Waals surface area contributed by atoms with Crippen LogP contribution in [-0.4, -0.2) is 4.98 Å². The summed E-state index contributed by atoms with van der Waals surface area (Å²) in [7, 11) is 0. The Morgan fingerprint density at radius 3 is 2.17 bits per heavy atom. The highest BCUT2D eigenvalue weighted by Gasteiger charge is 2.09. The summed E-state index contributed by atoms with van der Waals surface area (Å²) in [5.41, 5.74) is 5.93. The first-order valence-corrected chi connectivity index (χ1v) is 6.19. The van der Waals surface area contributed by atoms with Crippen LogP contribution < -0.4 is 0 Å². The van der Waals surface area contributed by atoms with Crippen LogP contribution in [-0.2, 0) is 0 Å². The SMILES string of the molecule is Cc1c(-c2ccccc2)nc2ccccc2c1C. The van der Waals surface area contributed by atoms with Crippen LogP contribution in [0.25, 0.3) is 22.2 Å². The van der Waals surface area contributed by atoms with Gasteiger partial charge in [0.05, 0.1) is 11.2 Å². The average Bonchev–Trinajstić information content (AvgIpc) is 2.44. The van der Waals surface area contributed by atoms with Crippen molar-refractivity contribution in [3.05, 3.63) is 65.7 Å². The summed E-state index contributed by atoms with van der Waals surface area (Å²) < 4.78 is 0. The molecule has 0 aliphatic carbocycles. The Labute approximate surface area is 107 Å². The number of hydrogen-bond donors (Lipinski definition) is 0. The molecule has 0 amide bonds. The molecule has 0 radical (unpaired) electrons. The molecule has 0 saturated heterocycles. The summed E-state index contributed by atoms with van der Waals surface area (Å²) in [6.07, 6.45) is 0. The molecule has 1 aromatic heterocycles. The molecule has 1 heterocycles. The Hall–Kier alpha value is -2.15. The molecule has 0 bridgehead atoms. The number of pyridine rings is 1. The minimum atomic E-state index is 1.07. The number of hydrogen-bond acceptors (Lipinski definition) is 1. The van der Waals surface area contributed by atoms with Crippen molar-refractivity contribution < 1.29 is 0 Å². The standard InChI is InChI=1S/C17H15N/c1-12-13(2)17(14-8-4-3-5-9-14)18-16-11-7-6-10-15(12)16/h3-11H,1-2H3. The van der Waals surface area contributed by atoms with Crippen molar-refractivity contribution in [1.29, 1.82) is 0 Å². The zero-order chi connectivity index (χ0) is 12.5. The van der Waals surface area contributed by atoms with Gasteiger partial charge in [-0.1, -0.05) is 48.5 Å². The first-order valence-electron chi connectivity index (χ1n) is 6.19. The number of fused-ring (bicyclic) bond motifs is 1. The largest absolute Gasteiger partial charge is 0.247 e. The van der Waals surface area contributed by atoms with E-state index in [0.717, 1.165) is 11.2 Å². The first-order chi connectivity index (χ1) is 8.77. The van der Waals surface area contributed by atoms with E-state index in [4.69, 9.17) is 4.98 Å². The van der Waals surface area contributed by atoms with Crippen LogP contribution in [0.5, 0.6) is 0 Å². The van der Waals surface area contributed by atoms with Crippen molar-refractivity contribution in [3.8, 4) is 11.3 Å². The van der Waals surface area contributed by atoms with Gasteiger partial charge in [-0.2, -0.15) is 0 Å². The maximum absolute atomic E-state index is 4.81. The quantitative estimate of drug-likeness (QED) is 0.602. The van der Waals surface area contributed by atoms with E-state index in [-0.39, 0.29) is 0 Å². The minimum absolute atomic E-state index is 1.07. The maximum Gasteiger partial charge on any atom is 0.0741 e. The molecule has 1 heteroatoms. The molecule has 88 valence electrons. The molecule has 3 rings (SSSR count). The third-order valence-corrected chi connectivity index (χ3v) is 3.51. The number of para-hydroxylation sites is 1. The van der Waals surface area contributed by atoms with E-state index in [1.165, 1.54) is 22.1 Å². The van der Waals surface area contributed by atoms with Crippen molar-refractivity contribution in [3.63, 3.8) is 0 Å². The fraction of sp³-hybridized carbons (Fsp3) is 0.118. The van der Waals surface area contributed by atoms with Crippen LogP contribution in [0, 0.1) is 13.8 Å². The zero-order valence-corrected chi connectivity index (χ0v) is 10.6. The van der Waals surface area contributed by atoms with Gasteiger partial charge in [0.25, 0.3) is 0 Å². The molecule has 0 atom stereocenters. The fourth-order valence-electron chi connectivity index (χ4n) is 2.35. The van der Waals surface area contributed by atoms with E-state index >= 15 is 0 Å². The van der Waals surface area contributed by atoms with Gasteiger partial charge < -0.3 is 0 Å². The minimum Gasteiger partial charge on any atom is -0.247 e. The van der Waals surface area contributed by atoms with Crippen LogP contribution in [0.1, 0.15) is 11.1 Å². The van der Waals surface area contributed by atoms with Gasteiger partial charge >= 0.3 is 0 Å². The van der Waals surface area contributed by atoms with Crippen LogP contribution in [0.4, 0.5) is 0 Å². The highest BCUT2D eigenvalue weighted by Crippen LogP contribution is 2.28. The van der Waals surface area contributed by atoms with E-state index in [1.807, 2.05) is 12.1 Å². The molecule has 0 N–H and O–H groups in total. The summed E-state index contributed by atoms with van der Waals surface area (Å²) in [6, 6.07) is 18.7. The molecular formula is C17H15N. The van der Waals surface area contributed by atoms with Gasteiger partial charge in [0.1, 0.15) is 0 Å². The second kappa shape index (κ2) is 4.26. The molecule has 2 aromatic carbocycles. The third kappa shape index (κ3) is 1.68. The van der Waals surface area contributed by atoms with Crippen molar-refractivity contribution in [2.45, 2.75) is 13.8 Å². The van der Waals surface area contributed by atoms with E-state index in [1.54, 1.807) is 0 Å². The number of rotatable bonds is 1. The second-order valence-electron chi connectivity index (χ2n) is 4.59. The Morgan fingerprint density at radius 1 is 0.722 bits per heavy atom. The summed E-state index contributed by atoms with van der Waals surface area (Å²) in [5, 5.41) is 1.25. The lowest BCUT2D eigenvalue weighted by molar-refractivity contribution is 1.28. The second-order valence-corrected chi connectivity index (χ2v) is 4.59. The third-order valence-electron chi connectivity index (χ3n) is 3.51. The molecule has 0 spiro atoms. The summed E-state index contributed by atoms with van der Waals surface area (Å²) in [5.74, 6) is 0. The normalized spacial score (nSPS) is 10.8. The average molecular weight is 233 g/mol.